The number of aromatic nitrogens is 3. The van der Waals surface area contributed by atoms with E-state index in [-0.39, 0.29) is 18.1 Å². The van der Waals surface area contributed by atoms with Gasteiger partial charge in [0.2, 0.25) is 0 Å². The van der Waals surface area contributed by atoms with Crippen molar-refractivity contribution in [3.63, 3.8) is 0 Å². The van der Waals surface area contributed by atoms with Gasteiger partial charge < -0.3 is 16.0 Å². The summed E-state index contributed by atoms with van der Waals surface area (Å²) < 4.78 is 30.1. The van der Waals surface area contributed by atoms with E-state index in [0.29, 0.717) is 36.3 Å². The summed E-state index contributed by atoms with van der Waals surface area (Å²) in [6.07, 6.45) is 8.20. The van der Waals surface area contributed by atoms with E-state index in [1.807, 2.05) is 37.0 Å². The van der Waals surface area contributed by atoms with Crippen molar-refractivity contribution < 1.29 is 8.78 Å². The van der Waals surface area contributed by atoms with Crippen LogP contribution in [0.3, 0.4) is 0 Å². The van der Waals surface area contributed by atoms with Crippen LogP contribution in [-0.2, 0) is 19.5 Å². The summed E-state index contributed by atoms with van der Waals surface area (Å²) in [5.74, 6) is -1.07. The molecule has 0 unspecified atom stereocenters. The Bertz CT molecular complexity index is 1240. The first kappa shape index (κ1) is 23.4. The van der Waals surface area contributed by atoms with E-state index in [1.54, 1.807) is 30.7 Å². The minimum absolute atomic E-state index is 0.0917. The number of rotatable bonds is 7. The van der Waals surface area contributed by atoms with Crippen molar-refractivity contribution in [2.45, 2.75) is 39.8 Å². The molecule has 3 aromatic heterocycles. The molecule has 0 fully saturated rings. The third-order valence-corrected chi connectivity index (χ3v) is 5.71. The van der Waals surface area contributed by atoms with Gasteiger partial charge in [-0.25, -0.2) is 8.78 Å². The van der Waals surface area contributed by atoms with E-state index in [9.17, 15) is 4.39 Å². The van der Waals surface area contributed by atoms with Gasteiger partial charge in [-0.15, -0.1) is 0 Å². The van der Waals surface area contributed by atoms with Crippen LogP contribution in [0.1, 0.15) is 35.9 Å². The van der Waals surface area contributed by atoms with E-state index in [4.69, 9.17) is 5.73 Å². The molecule has 0 saturated heterocycles. The van der Waals surface area contributed by atoms with Gasteiger partial charge in [0.25, 0.3) is 0 Å². The molecule has 176 valence electrons. The first-order valence-electron chi connectivity index (χ1n) is 11.3. The van der Waals surface area contributed by atoms with Gasteiger partial charge in [0.05, 0.1) is 5.70 Å². The zero-order valence-electron chi connectivity index (χ0n) is 19.4. The van der Waals surface area contributed by atoms with E-state index in [1.165, 1.54) is 6.07 Å². The second-order valence-corrected chi connectivity index (χ2v) is 8.22. The van der Waals surface area contributed by atoms with Crippen molar-refractivity contribution in [2.75, 3.05) is 6.54 Å². The molecule has 0 spiro atoms. The minimum atomic E-state index is -0.522. The summed E-state index contributed by atoms with van der Waals surface area (Å²) in [6, 6.07) is 8.77. The van der Waals surface area contributed by atoms with Crippen LogP contribution < -0.4 is 11.1 Å². The Morgan fingerprint density at radius 1 is 1.21 bits per heavy atom. The topological polar surface area (TPSA) is 80.0 Å². The molecular formula is C26H28F2N6. The fourth-order valence-electron chi connectivity index (χ4n) is 4.01. The van der Waals surface area contributed by atoms with Gasteiger partial charge in [0.1, 0.15) is 17.3 Å². The van der Waals surface area contributed by atoms with Gasteiger partial charge in [-0.2, -0.15) is 0 Å². The van der Waals surface area contributed by atoms with Gasteiger partial charge in [0.15, 0.2) is 5.83 Å². The van der Waals surface area contributed by atoms with Crippen molar-refractivity contribution in [1.82, 2.24) is 25.2 Å². The summed E-state index contributed by atoms with van der Waals surface area (Å²) >= 11 is 0. The van der Waals surface area contributed by atoms with Crippen molar-refractivity contribution >= 4 is 0 Å². The number of pyridine rings is 3. The number of nitrogens with one attached hydrogen (secondary N) is 1. The van der Waals surface area contributed by atoms with E-state index < -0.39 is 11.6 Å². The third-order valence-electron chi connectivity index (χ3n) is 5.71. The lowest BCUT2D eigenvalue weighted by Gasteiger charge is -2.31. The van der Waals surface area contributed by atoms with Crippen molar-refractivity contribution in [2.24, 2.45) is 5.73 Å². The Morgan fingerprint density at radius 3 is 2.82 bits per heavy atom. The minimum Gasteiger partial charge on any atom is -0.383 e. The van der Waals surface area contributed by atoms with Crippen molar-refractivity contribution in [3.8, 4) is 11.3 Å². The molecule has 6 nitrogen and oxygen atoms in total. The first-order valence-corrected chi connectivity index (χ1v) is 11.3. The molecule has 3 N–H and O–H groups in total. The summed E-state index contributed by atoms with van der Waals surface area (Å²) in [7, 11) is 0. The highest BCUT2D eigenvalue weighted by Gasteiger charge is 2.22. The van der Waals surface area contributed by atoms with Crippen LogP contribution in [-0.4, -0.2) is 26.4 Å². The van der Waals surface area contributed by atoms with Crippen molar-refractivity contribution in [1.29, 1.82) is 0 Å². The van der Waals surface area contributed by atoms with Crippen molar-refractivity contribution in [3.05, 3.63) is 101 Å². The summed E-state index contributed by atoms with van der Waals surface area (Å²) in [5.41, 5.74) is 10.9. The van der Waals surface area contributed by atoms with Crippen LogP contribution in [0.25, 0.3) is 11.3 Å². The molecule has 0 amide bonds. The molecule has 0 radical (unpaired) electrons. The molecule has 8 heteroatoms. The van der Waals surface area contributed by atoms with E-state index in [2.05, 4.69) is 20.3 Å². The van der Waals surface area contributed by atoms with Gasteiger partial charge in [-0.3, -0.25) is 15.0 Å². The summed E-state index contributed by atoms with van der Waals surface area (Å²) in [6.45, 7) is 5.16. The number of aryl methyl sites for hydroxylation is 1. The van der Waals surface area contributed by atoms with Gasteiger partial charge in [0, 0.05) is 61.6 Å². The average Bonchev–Trinajstić information content (AvgIpc) is 2.85. The Labute approximate surface area is 198 Å². The molecule has 0 saturated carbocycles. The normalized spacial score (nSPS) is 14.5. The zero-order chi connectivity index (χ0) is 24.1. The number of hydrogen-bond donors (Lipinski definition) is 2. The summed E-state index contributed by atoms with van der Waals surface area (Å²) in [4.78, 5) is 14.8. The maximum atomic E-state index is 15.4. The molecule has 1 aliphatic rings. The average molecular weight is 463 g/mol. The first-order chi connectivity index (χ1) is 16.5. The maximum Gasteiger partial charge on any atom is 0.185 e. The fourth-order valence-corrected chi connectivity index (χ4v) is 4.01. The van der Waals surface area contributed by atoms with Gasteiger partial charge in [-0.1, -0.05) is 19.1 Å². The number of halogens is 2. The van der Waals surface area contributed by atoms with Crippen LogP contribution >= 0.6 is 0 Å². The van der Waals surface area contributed by atoms with Crippen LogP contribution in [0.4, 0.5) is 8.78 Å². The molecule has 4 rings (SSSR count). The standard InChI is InChI=1S/C26H28F2N6/c1-3-5-23(34-11-8-22-20(16-34)6-4-9-31-22)24(28)26(29)33-15-18-13-21(27)25(32-14-18)19-7-10-30-17(2)12-19/h4-7,9-10,12-14,33H,3,8,11,15-16,29H2,1-2H3/b23-5+,26-24-. The van der Waals surface area contributed by atoms with Crippen LogP contribution in [0.15, 0.2) is 72.3 Å². The molecule has 0 aliphatic carbocycles. The SMILES string of the molecule is CC/C=C(\C(F)=C(/N)NCc1cnc(-c2ccnc(C)c2)c(F)c1)N1CCc2ncccc2C1. The smallest absolute Gasteiger partial charge is 0.185 e. The highest BCUT2D eigenvalue weighted by Crippen LogP contribution is 2.26. The number of hydrogen-bond acceptors (Lipinski definition) is 6. The van der Waals surface area contributed by atoms with Gasteiger partial charge in [-0.05, 0) is 48.7 Å². The number of nitrogens with two attached hydrogens (primary N) is 1. The molecule has 3 aromatic rings. The Balaban J connectivity index is 1.47. The second kappa shape index (κ2) is 10.4. The van der Waals surface area contributed by atoms with Crippen LogP contribution in [0.5, 0.6) is 0 Å². The van der Waals surface area contributed by atoms with Gasteiger partial charge >= 0.3 is 0 Å². The van der Waals surface area contributed by atoms with Crippen LogP contribution in [0.2, 0.25) is 0 Å². The molecule has 0 bridgehead atoms. The summed E-state index contributed by atoms with van der Waals surface area (Å²) in [5, 5.41) is 2.88. The fraction of sp³-hybridized carbons (Fsp3) is 0.269. The predicted octanol–water partition coefficient (Wildman–Crippen LogP) is 4.53. The highest BCUT2D eigenvalue weighted by molar-refractivity contribution is 5.59. The lowest BCUT2D eigenvalue weighted by Crippen LogP contribution is -2.32. The number of allylic oxidation sites excluding steroid dienone is 2. The zero-order valence-corrected chi connectivity index (χ0v) is 19.4. The molecule has 1 aliphatic heterocycles. The molecular weight excluding hydrogens is 434 g/mol. The maximum absolute atomic E-state index is 15.4. The number of nitrogens with zero attached hydrogens (tertiary/aromatic N) is 4. The molecule has 0 atom stereocenters. The van der Waals surface area contributed by atoms with Crippen LogP contribution in [0, 0.1) is 12.7 Å². The van der Waals surface area contributed by atoms with E-state index >= 15 is 4.39 Å². The highest BCUT2D eigenvalue weighted by atomic mass is 19.1. The molecule has 0 aromatic carbocycles. The van der Waals surface area contributed by atoms with E-state index in [0.717, 1.165) is 23.4 Å². The molecule has 4 heterocycles. The second-order valence-electron chi connectivity index (χ2n) is 8.22. The largest absolute Gasteiger partial charge is 0.383 e. The third kappa shape index (κ3) is 5.22. The number of fused-ring (bicyclic) bond motifs is 1. The quantitative estimate of drug-likeness (QED) is 0.503. The Hall–Kier alpha value is -3.81. The lowest BCUT2D eigenvalue weighted by atomic mass is 10.0. The predicted molar refractivity (Wildman–Crippen MR) is 128 cm³/mol. The Morgan fingerprint density at radius 2 is 2.06 bits per heavy atom. The molecule has 34 heavy (non-hydrogen) atoms. The lowest BCUT2D eigenvalue weighted by molar-refractivity contribution is 0.308. The Kier molecular flexibility index (Phi) is 7.15. The monoisotopic (exact) mass is 462 g/mol.